The molecule has 0 saturated heterocycles. The van der Waals surface area contributed by atoms with Crippen LogP contribution in [0.25, 0.3) is 0 Å². The molecule has 10 heavy (non-hydrogen) atoms. The Labute approximate surface area is 69.8 Å². The molecule has 0 unspecified atom stereocenters. The number of hydrogen-bond acceptors (Lipinski definition) is 1. The lowest BCUT2D eigenvalue weighted by atomic mass is 9.60. The smallest absolute Gasteiger partial charge is 0.0129 e. The first kappa shape index (κ1) is 8.45. The number of thiol groups is 1. The summed E-state index contributed by atoms with van der Waals surface area (Å²) in [4.78, 5) is 0. The zero-order valence-electron chi connectivity index (χ0n) is 7.28. The predicted octanol–water partition coefficient (Wildman–Crippen LogP) is 3.28. The summed E-state index contributed by atoms with van der Waals surface area (Å²) in [6.45, 7) is 6.79. The molecule has 1 saturated carbocycles. The van der Waals surface area contributed by atoms with E-state index in [0.717, 1.165) is 0 Å². The molecule has 0 amide bonds. The van der Waals surface area contributed by atoms with Gasteiger partial charge in [-0.3, -0.25) is 0 Å². The van der Waals surface area contributed by atoms with Gasteiger partial charge in [-0.2, -0.15) is 12.6 Å². The molecule has 0 N–H and O–H groups in total. The molecule has 0 heterocycles. The highest BCUT2D eigenvalue weighted by molar-refractivity contribution is 7.81. The lowest BCUT2D eigenvalue weighted by molar-refractivity contribution is 0.0860. The molecule has 0 spiro atoms. The summed E-state index contributed by atoms with van der Waals surface area (Å²) < 4.78 is 0.236. The molecule has 1 fully saturated rings. The summed E-state index contributed by atoms with van der Waals surface area (Å²) in [6, 6.07) is 0. The van der Waals surface area contributed by atoms with Gasteiger partial charge in [-0.25, -0.2) is 0 Å². The van der Waals surface area contributed by atoms with Crippen LogP contribution in [0.15, 0.2) is 0 Å². The van der Waals surface area contributed by atoms with Crippen molar-refractivity contribution in [3.63, 3.8) is 0 Å². The van der Waals surface area contributed by atoms with Crippen molar-refractivity contribution >= 4 is 12.6 Å². The molecule has 0 aliphatic heterocycles. The SMILES string of the molecule is CCC1(C(C)(C)S)CCC1. The zero-order chi connectivity index (χ0) is 7.83. The molecule has 60 valence electrons. The van der Waals surface area contributed by atoms with E-state index >= 15 is 0 Å². The van der Waals surface area contributed by atoms with Crippen LogP contribution in [0, 0.1) is 5.41 Å². The van der Waals surface area contributed by atoms with Crippen LogP contribution in [0.4, 0.5) is 0 Å². The number of rotatable bonds is 2. The third kappa shape index (κ3) is 1.09. The average molecular weight is 158 g/mol. The van der Waals surface area contributed by atoms with Crippen LogP contribution in [-0.4, -0.2) is 4.75 Å². The van der Waals surface area contributed by atoms with E-state index in [4.69, 9.17) is 0 Å². The zero-order valence-corrected chi connectivity index (χ0v) is 8.17. The van der Waals surface area contributed by atoms with E-state index in [-0.39, 0.29) is 4.75 Å². The van der Waals surface area contributed by atoms with Gasteiger partial charge in [0.05, 0.1) is 0 Å². The highest BCUT2D eigenvalue weighted by atomic mass is 32.1. The molecule has 0 aromatic carbocycles. The number of hydrogen-bond donors (Lipinski definition) is 1. The Hall–Kier alpha value is 0.350. The highest BCUT2D eigenvalue weighted by Crippen LogP contribution is 2.54. The third-order valence-corrected chi connectivity index (χ3v) is 3.76. The van der Waals surface area contributed by atoms with Crippen molar-refractivity contribution in [2.24, 2.45) is 5.41 Å². The van der Waals surface area contributed by atoms with Gasteiger partial charge in [0.25, 0.3) is 0 Å². The Morgan fingerprint density at radius 2 is 1.90 bits per heavy atom. The largest absolute Gasteiger partial charge is 0.173 e. The Morgan fingerprint density at radius 1 is 1.40 bits per heavy atom. The Morgan fingerprint density at radius 3 is 1.90 bits per heavy atom. The first-order valence-corrected chi connectivity index (χ1v) is 4.69. The molecule has 1 heteroatoms. The van der Waals surface area contributed by atoms with E-state index in [1.54, 1.807) is 0 Å². The van der Waals surface area contributed by atoms with Crippen molar-refractivity contribution in [1.29, 1.82) is 0 Å². The summed E-state index contributed by atoms with van der Waals surface area (Å²) in [5, 5.41) is 0. The Bertz CT molecular complexity index is 112. The maximum absolute atomic E-state index is 4.65. The molecule has 0 bridgehead atoms. The second kappa shape index (κ2) is 2.44. The van der Waals surface area contributed by atoms with Gasteiger partial charge in [-0.1, -0.05) is 27.2 Å². The van der Waals surface area contributed by atoms with E-state index in [1.807, 2.05) is 0 Å². The first-order chi connectivity index (χ1) is 4.52. The summed E-state index contributed by atoms with van der Waals surface area (Å²) >= 11 is 4.65. The van der Waals surface area contributed by atoms with Gasteiger partial charge in [0.1, 0.15) is 0 Å². The second-order valence-corrected chi connectivity index (χ2v) is 5.16. The summed E-state index contributed by atoms with van der Waals surface area (Å²) in [5.74, 6) is 0. The van der Waals surface area contributed by atoms with E-state index < -0.39 is 0 Å². The van der Waals surface area contributed by atoms with E-state index in [9.17, 15) is 0 Å². The van der Waals surface area contributed by atoms with Gasteiger partial charge < -0.3 is 0 Å². The second-order valence-electron chi connectivity index (χ2n) is 4.05. The molecular formula is C9H18S. The molecule has 0 nitrogen and oxygen atoms in total. The molecular weight excluding hydrogens is 140 g/mol. The van der Waals surface area contributed by atoms with Crippen LogP contribution in [0.2, 0.25) is 0 Å². The molecule has 1 rings (SSSR count). The van der Waals surface area contributed by atoms with Crippen molar-refractivity contribution in [3.05, 3.63) is 0 Å². The van der Waals surface area contributed by atoms with Gasteiger partial charge in [-0.05, 0) is 24.7 Å². The third-order valence-electron chi connectivity index (χ3n) is 3.29. The van der Waals surface area contributed by atoms with E-state index in [2.05, 4.69) is 33.4 Å². The molecule has 0 radical (unpaired) electrons. The standard InChI is InChI=1S/C9H18S/c1-4-9(6-5-7-9)8(2,3)10/h10H,4-7H2,1-3H3. The van der Waals surface area contributed by atoms with Crippen molar-refractivity contribution in [1.82, 2.24) is 0 Å². The summed E-state index contributed by atoms with van der Waals surface area (Å²) in [6.07, 6.45) is 5.49. The van der Waals surface area contributed by atoms with E-state index in [0.29, 0.717) is 5.41 Å². The quantitative estimate of drug-likeness (QED) is 0.586. The minimum atomic E-state index is 0.236. The van der Waals surface area contributed by atoms with Gasteiger partial charge in [0.15, 0.2) is 0 Å². The minimum Gasteiger partial charge on any atom is -0.173 e. The molecule has 0 aromatic heterocycles. The topological polar surface area (TPSA) is 0 Å². The fraction of sp³-hybridized carbons (Fsp3) is 1.00. The van der Waals surface area contributed by atoms with Crippen LogP contribution in [-0.2, 0) is 0 Å². The van der Waals surface area contributed by atoms with Crippen LogP contribution < -0.4 is 0 Å². The van der Waals surface area contributed by atoms with Crippen LogP contribution >= 0.6 is 12.6 Å². The summed E-state index contributed by atoms with van der Waals surface area (Å²) in [5.41, 5.74) is 0.566. The normalized spacial score (nSPS) is 24.0. The molecule has 1 aliphatic carbocycles. The predicted molar refractivity (Wildman–Crippen MR) is 49.6 cm³/mol. The fourth-order valence-electron chi connectivity index (χ4n) is 2.00. The van der Waals surface area contributed by atoms with E-state index in [1.165, 1.54) is 25.7 Å². The fourth-order valence-corrected chi connectivity index (χ4v) is 2.38. The molecule has 0 aromatic rings. The first-order valence-electron chi connectivity index (χ1n) is 4.24. The minimum absolute atomic E-state index is 0.236. The lowest BCUT2D eigenvalue weighted by Crippen LogP contribution is -2.44. The average Bonchev–Trinajstić information content (AvgIpc) is 1.58. The van der Waals surface area contributed by atoms with Gasteiger partial charge in [0, 0.05) is 4.75 Å². The van der Waals surface area contributed by atoms with Crippen LogP contribution in [0.5, 0.6) is 0 Å². The van der Waals surface area contributed by atoms with Gasteiger partial charge in [0.2, 0.25) is 0 Å². The summed E-state index contributed by atoms with van der Waals surface area (Å²) in [7, 11) is 0. The van der Waals surface area contributed by atoms with Crippen LogP contribution in [0.3, 0.4) is 0 Å². The highest BCUT2D eigenvalue weighted by Gasteiger charge is 2.45. The van der Waals surface area contributed by atoms with Gasteiger partial charge in [-0.15, -0.1) is 0 Å². The van der Waals surface area contributed by atoms with Crippen molar-refractivity contribution < 1.29 is 0 Å². The molecule has 1 aliphatic rings. The van der Waals surface area contributed by atoms with Crippen molar-refractivity contribution in [2.75, 3.05) is 0 Å². The Balaban J connectivity index is 2.65. The van der Waals surface area contributed by atoms with Crippen molar-refractivity contribution in [2.45, 2.75) is 51.2 Å². The maximum atomic E-state index is 4.65. The Kier molecular flexibility index (Phi) is 2.06. The van der Waals surface area contributed by atoms with Crippen LogP contribution in [0.1, 0.15) is 46.5 Å². The maximum Gasteiger partial charge on any atom is 0.0129 e. The van der Waals surface area contributed by atoms with Gasteiger partial charge >= 0.3 is 0 Å². The lowest BCUT2D eigenvalue weighted by Gasteiger charge is -2.50. The monoisotopic (exact) mass is 158 g/mol. The molecule has 0 atom stereocenters. The van der Waals surface area contributed by atoms with Crippen molar-refractivity contribution in [3.8, 4) is 0 Å².